The molecule has 0 atom stereocenters. The van der Waals surface area contributed by atoms with Crippen molar-refractivity contribution in [2.75, 3.05) is 19.7 Å². The topological polar surface area (TPSA) is 40.5 Å². The van der Waals surface area contributed by atoms with Crippen molar-refractivity contribution < 1.29 is 9.90 Å². The molecule has 3 nitrogen and oxygen atoms in total. The molecule has 92 valence electrons. The van der Waals surface area contributed by atoms with Crippen LogP contribution < -0.4 is 0 Å². The Bertz CT molecular complexity index is 418. The highest BCUT2D eigenvalue weighted by Crippen LogP contribution is 2.21. The molecule has 0 aliphatic rings. The number of carbonyl (C=O) groups is 1. The van der Waals surface area contributed by atoms with E-state index in [9.17, 15) is 4.79 Å². The zero-order valence-corrected chi connectivity index (χ0v) is 10.6. The fraction of sp³-hybridized carbons (Fsp3) is 0.308. The molecule has 1 aromatic carbocycles. The Labute approximate surface area is 106 Å². The monoisotopic (exact) mass is 253 g/mol. The molecule has 0 bridgehead atoms. The Morgan fingerprint density at radius 1 is 1.59 bits per heavy atom. The van der Waals surface area contributed by atoms with Crippen LogP contribution in [0.2, 0.25) is 5.02 Å². The third-order valence-corrected chi connectivity index (χ3v) is 2.93. The van der Waals surface area contributed by atoms with E-state index in [1.165, 1.54) is 4.90 Å². The maximum absolute atomic E-state index is 12.2. The summed E-state index contributed by atoms with van der Waals surface area (Å²) in [7, 11) is 0. The Morgan fingerprint density at radius 2 is 2.29 bits per heavy atom. The molecule has 4 heteroatoms. The number of aliphatic hydroxyl groups is 1. The Hall–Kier alpha value is -1.32. The molecular formula is C13H16ClNO2. The van der Waals surface area contributed by atoms with Crippen LogP contribution in [0.3, 0.4) is 0 Å². The van der Waals surface area contributed by atoms with E-state index in [1.807, 2.05) is 13.0 Å². The van der Waals surface area contributed by atoms with E-state index in [4.69, 9.17) is 16.7 Å². The number of amides is 1. The van der Waals surface area contributed by atoms with Crippen LogP contribution in [-0.4, -0.2) is 35.6 Å². The molecule has 1 amide bonds. The number of nitrogens with zero attached hydrogens (tertiary/aromatic N) is 1. The molecule has 0 aromatic heterocycles. The van der Waals surface area contributed by atoms with Crippen molar-refractivity contribution in [1.82, 2.24) is 4.90 Å². The smallest absolute Gasteiger partial charge is 0.255 e. The zero-order chi connectivity index (χ0) is 12.8. The van der Waals surface area contributed by atoms with E-state index in [0.717, 1.165) is 5.56 Å². The van der Waals surface area contributed by atoms with Crippen molar-refractivity contribution in [3.63, 3.8) is 0 Å². The molecule has 0 fully saturated rings. The standard InChI is InChI=1S/C13H16ClNO2/c1-3-7-15(8-9-16)13(17)11-6-4-5-10(2)12(11)14/h3-6,16H,1,7-9H2,2H3. The molecule has 0 aliphatic heterocycles. The molecule has 0 radical (unpaired) electrons. The molecule has 0 saturated heterocycles. The second-order valence-corrected chi connectivity index (χ2v) is 4.08. The zero-order valence-electron chi connectivity index (χ0n) is 9.82. The number of halogens is 1. The summed E-state index contributed by atoms with van der Waals surface area (Å²) in [5.41, 5.74) is 1.32. The molecule has 17 heavy (non-hydrogen) atoms. The van der Waals surface area contributed by atoms with Crippen LogP contribution in [-0.2, 0) is 0 Å². The lowest BCUT2D eigenvalue weighted by atomic mass is 10.1. The first-order valence-electron chi connectivity index (χ1n) is 5.38. The van der Waals surface area contributed by atoms with Crippen LogP contribution in [0.25, 0.3) is 0 Å². The van der Waals surface area contributed by atoms with Gasteiger partial charge in [-0.15, -0.1) is 6.58 Å². The van der Waals surface area contributed by atoms with E-state index < -0.39 is 0 Å². The summed E-state index contributed by atoms with van der Waals surface area (Å²) in [5.74, 6) is -0.187. The summed E-state index contributed by atoms with van der Waals surface area (Å²) in [6.07, 6.45) is 1.62. The SMILES string of the molecule is C=CCN(CCO)C(=O)c1cccc(C)c1Cl. The van der Waals surface area contributed by atoms with Gasteiger partial charge in [0.15, 0.2) is 0 Å². The lowest BCUT2D eigenvalue weighted by molar-refractivity contribution is 0.0743. The summed E-state index contributed by atoms with van der Waals surface area (Å²) in [5, 5.41) is 9.38. The van der Waals surface area contributed by atoms with E-state index in [0.29, 0.717) is 17.1 Å². The largest absolute Gasteiger partial charge is 0.395 e. The summed E-state index contributed by atoms with van der Waals surface area (Å²) in [4.78, 5) is 13.7. The second-order valence-electron chi connectivity index (χ2n) is 3.70. The highest BCUT2D eigenvalue weighted by molar-refractivity contribution is 6.34. The fourth-order valence-electron chi connectivity index (χ4n) is 1.54. The van der Waals surface area contributed by atoms with Crippen LogP contribution in [0, 0.1) is 6.92 Å². The normalized spacial score (nSPS) is 10.1. The summed E-state index contributed by atoms with van der Waals surface area (Å²) < 4.78 is 0. The van der Waals surface area contributed by atoms with Crippen LogP contribution >= 0.6 is 11.6 Å². The summed E-state index contributed by atoms with van der Waals surface area (Å²) in [6.45, 7) is 6.03. The van der Waals surface area contributed by atoms with Gasteiger partial charge in [0, 0.05) is 13.1 Å². The van der Waals surface area contributed by atoms with Gasteiger partial charge in [0.1, 0.15) is 0 Å². The minimum atomic E-state index is -0.187. The molecule has 0 unspecified atom stereocenters. The Kier molecular flexibility index (Phi) is 5.19. The van der Waals surface area contributed by atoms with Gasteiger partial charge in [0.25, 0.3) is 5.91 Å². The highest BCUT2D eigenvalue weighted by atomic mass is 35.5. The van der Waals surface area contributed by atoms with Gasteiger partial charge in [0.2, 0.25) is 0 Å². The van der Waals surface area contributed by atoms with Gasteiger partial charge in [0.05, 0.1) is 17.2 Å². The van der Waals surface area contributed by atoms with Crippen LogP contribution in [0.4, 0.5) is 0 Å². The third-order valence-electron chi connectivity index (χ3n) is 2.43. The van der Waals surface area contributed by atoms with E-state index in [1.54, 1.807) is 18.2 Å². The van der Waals surface area contributed by atoms with Crippen molar-refractivity contribution in [1.29, 1.82) is 0 Å². The number of aliphatic hydroxyl groups excluding tert-OH is 1. The lowest BCUT2D eigenvalue weighted by Gasteiger charge is -2.20. The highest BCUT2D eigenvalue weighted by Gasteiger charge is 2.17. The molecule has 0 spiro atoms. The minimum Gasteiger partial charge on any atom is -0.395 e. The van der Waals surface area contributed by atoms with Crippen LogP contribution in [0.15, 0.2) is 30.9 Å². The molecule has 0 saturated carbocycles. The minimum absolute atomic E-state index is 0.0803. The number of benzene rings is 1. The van der Waals surface area contributed by atoms with E-state index >= 15 is 0 Å². The van der Waals surface area contributed by atoms with Crippen LogP contribution in [0.5, 0.6) is 0 Å². The predicted octanol–water partition coefficient (Wildman–Crippen LogP) is 2.27. The first-order chi connectivity index (χ1) is 8.11. The molecule has 1 rings (SSSR count). The number of carbonyl (C=O) groups excluding carboxylic acids is 1. The van der Waals surface area contributed by atoms with Crippen molar-refractivity contribution >= 4 is 17.5 Å². The van der Waals surface area contributed by atoms with Crippen molar-refractivity contribution in [3.8, 4) is 0 Å². The fourth-order valence-corrected chi connectivity index (χ4v) is 1.74. The van der Waals surface area contributed by atoms with Crippen molar-refractivity contribution in [3.05, 3.63) is 47.0 Å². The Morgan fingerprint density at radius 3 is 2.88 bits per heavy atom. The van der Waals surface area contributed by atoms with E-state index in [2.05, 4.69) is 6.58 Å². The average molecular weight is 254 g/mol. The number of rotatable bonds is 5. The number of hydrogen-bond donors (Lipinski definition) is 1. The first-order valence-corrected chi connectivity index (χ1v) is 5.75. The van der Waals surface area contributed by atoms with Gasteiger partial charge >= 0.3 is 0 Å². The van der Waals surface area contributed by atoms with Gasteiger partial charge in [-0.25, -0.2) is 0 Å². The molecular weight excluding hydrogens is 238 g/mol. The number of hydrogen-bond acceptors (Lipinski definition) is 2. The van der Waals surface area contributed by atoms with E-state index in [-0.39, 0.29) is 19.1 Å². The van der Waals surface area contributed by atoms with Crippen LogP contribution in [0.1, 0.15) is 15.9 Å². The maximum Gasteiger partial charge on any atom is 0.255 e. The van der Waals surface area contributed by atoms with Gasteiger partial charge in [-0.2, -0.15) is 0 Å². The molecule has 1 aromatic rings. The molecule has 0 heterocycles. The lowest BCUT2D eigenvalue weighted by Crippen LogP contribution is -2.33. The Balaban J connectivity index is 3.00. The maximum atomic E-state index is 12.2. The average Bonchev–Trinajstić information content (AvgIpc) is 2.31. The van der Waals surface area contributed by atoms with Gasteiger partial charge in [-0.1, -0.05) is 29.8 Å². The summed E-state index contributed by atoms with van der Waals surface area (Å²) in [6, 6.07) is 5.33. The second kappa shape index (κ2) is 6.42. The summed E-state index contributed by atoms with van der Waals surface area (Å²) >= 11 is 6.10. The van der Waals surface area contributed by atoms with Crippen molar-refractivity contribution in [2.24, 2.45) is 0 Å². The quantitative estimate of drug-likeness (QED) is 0.818. The predicted molar refractivity (Wildman–Crippen MR) is 69.4 cm³/mol. The number of aryl methyl sites for hydroxylation is 1. The molecule has 1 N–H and O–H groups in total. The first kappa shape index (κ1) is 13.7. The third kappa shape index (κ3) is 3.32. The van der Waals surface area contributed by atoms with Crippen molar-refractivity contribution in [2.45, 2.75) is 6.92 Å². The van der Waals surface area contributed by atoms with Gasteiger partial charge < -0.3 is 10.0 Å². The van der Waals surface area contributed by atoms with Gasteiger partial charge in [-0.05, 0) is 18.6 Å². The van der Waals surface area contributed by atoms with Gasteiger partial charge in [-0.3, -0.25) is 4.79 Å². The molecule has 0 aliphatic carbocycles.